The van der Waals surface area contributed by atoms with Crippen molar-refractivity contribution in [3.05, 3.63) is 17.7 Å². The van der Waals surface area contributed by atoms with E-state index in [1.807, 2.05) is 25.5 Å². The summed E-state index contributed by atoms with van der Waals surface area (Å²) in [5, 5.41) is 0. The lowest BCUT2D eigenvalue weighted by atomic mass is 10.5. The summed E-state index contributed by atoms with van der Waals surface area (Å²) in [6, 6.07) is 0. The second-order valence-corrected chi connectivity index (χ2v) is 1.92. The van der Waals surface area contributed by atoms with Crippen molar-refractivity contribution < 1.29 is 0 Å². The number of hydrogen-bond donors (Lipinski definition) is 0. The highest BCUT2D eigenvalue weighted by molar-refractivity contribution is 4.98. The van der Waals surface area contributed by atoms with Crippen molar-refractivity contribution >= 4 is 0 Å². The van der Waals surface area contributed by atoms with E-state index in [9.17, 15) is 0 Å². The fourth-order valence-corrected chi connectivity index (χ4v) is 0.555. The third-order valence-corrected chi connectivity index (χ3v) is 1.37. The Morgan fingerprint density at radius 1 is 1.50 bits per heavy atom. The van der Waals surface area contributed by atoms with E-state index in [1.54, 1.807) is 0 Å². The zero-order valence-corrected chi connectivity index (χ0v) is 5.39. The van der Waals surface area contributed by atoms with Gasteiger partial charge in [0.05, 0.1) is 0 Å². The van der Waals surface area contributed by atoms with Gasteiger partial charge in [-0.05, 0) is 13.8 Å². The van der Waals surface area contributed by atoms with E-state index in [1.165, 1.54) is 0 Å². The van der Waals surface area contributed by atoms with Gasteiger partial charge in [-0.2, -0.15) is 0 Å². The maximum atomic E-state index is 3.95. The Morgan fingerprint density at radius 2 is 2.12 bits per heavy atom. The fraction of sp³-hybridized carbons (Fsp3) is 0.500. The molecular formula is C6H9N2. The number of aryl methyl sites for hydroxylation is 2. The second-order valence-electron chi connectivity index (χ2n) is 1.92. The summed E-state index contributed by atoms with van der Waals surface area (Å²) in [5.41, 5.74) is 1.09. The lowest BCUT2D eigenvalue weighted by Crippen LogP contribution is -1.92. The molecule has 1 rings (SSSR count). The molecule has 0 aliphatic carbocycles. The van der Waals surface area contributed by atoms with Gasteiger partial charge in [0, 0.05) is 12.7 Å². The molecular weight excluding hydrogens is 100 g/mol. The van der Waals surface area contributed by atoms with Gasteiger partial charge in [0.15, 0.2) is 0 Å². The zero-order chi connectivity index (χ0) is 6.15. The van der Waals surface area contributed by atoms with Gasteiger partial charge in [-0.1, -0.05) is 0 Å². The minimum absolute atomic E-state index is 1.02. The largest absolute Gasteiger partial charge is 0.335 e. The molecule has 0 aromatic carbocycles. The monoisotopic (exact) mass is 109 g/mol. The predicted octanol–water partition coefficient (Wildman–Crippen LogP) is 0.837. The van der Waals surface area contributed by atoms with Crippen molar-refractivity contribution in [1.82, 2.24) is 9.55 Å². The molecule has 2 heteroatoms. The summed E-state index contributed by atoms with van der Waals surface area (Å²) in [7, 11) is 1.98. The number of rotatable bonds is 0. The standard InChI is InChI=1S/C6H9N2/c1-5-4-7-6(2)8(5)3/h1-3H3. The van der Waals surface area contributed by atoms with Crippen LogP contribution in [0.1, 0.15) is 11.5 Å². The van der Waals surface area contributed by atoms with Crippen LogP contribution in [0.3, 0.4) is 0 Å². The molecule has 0 aliphatic rings. The smallest absolute Gasteiger partial charge is 0.112 e. The van der Waals surface area contributed by atoms with Crippen LogP contribution in [0, 0.1) is 20.0 Å². The Hall–Kier alpha value is -0.790. The molecule has 1 radical (unpaired) electrons. The summed E-state index contributed by atoms with van der Waals surface area (Å²) < 4.78 is 2.00. The summed E-state index contributed by atoms with van der Waals surface area (Å²) in [6.45, 7) is 3.95. The van der Waals surface area contributed by atoms with Crippen LogP contribution in [0.2, 0.25) is 0 Å². The van der Waals surface area contributed by atoms with Crippen LogP contribution in [-0.4, -0.2) is 9.55 Å². The third kappa shape index (κ3) is 0.619. The van der Waals surface area contributed by atoms with Crippen molar-refractivity contribution in [3.63, 3.8) is 0 Å². The quantitative estimate of drug-likeness (QED) is 0.482. The SMILES string of the molecule is Cc1[c]nc(C)n1C. The van der Waals surface area contributed by atoms with E-state index in [2.05, 4.69) is 11.2 Å². The average molecular weight is 109 g/mol. The van der Waals surface area contributed by atoms with E-state index in [4.69, 9.17) is 0 Å². The lowest BCUT2D eigenvalue weighted by Gasteiger charge is -1.93. The minimum Gasteiger partial charge on any atom is -0.335 e. The van der Waals surface area contributed by atoms with Gasteiger partial charge in [-0.3, -0.25) is 0 Å². The highest BCUT2D eigenvalue weighted by Crippen LogP contribution is 1.96. The second kappa shape index (κ2) is 1.62. The molecule has 0 bridgehead atoms. The molecule has 0 fully saturated rings. The van der Waals surface area contributed by atoms with E-state index in [0.717, 1.165) is 11.5 Å². The molecule has 1 heterocycles. The van der Waals surface area contributed by atoms with Crippen LogP contribution in [0.5, 0.6) is 0 Å². The maximum Gasteiger partial charge on any atom is 0.112 e. The van der Waals surface area contributed by atoms with Crippen LogP contribution >= 0.6 is 0 Å². The third-order valence-electron chi connectivity index (χ3n) is 1.37. The van der Waals surface area contributed by atoms with Crippen molar-refractivity contribution in [2.45, 2.75) is 13.8 Å². The van der Waals surface area contributed by atoms with Gasteiger partial charge in [0.25, 0.3) is 0 Å². The van der Waals surface area contributed by atoms with Crippen LogP contribution in [0.15, 0.2) is 0 Å². The summed E-state index contributed by atoms with van der Waals surface area (Å²) in [6.07, 6.45) is 2.85. The molecule has 0 amide bonds. The molecule has 0 aliphatic heterocycles. The van der Waals surface area contributed by atoms with Crippen LogP contribution in [0.4, 0.5) is 0 Å². The van der Waals surface area contributed by atoms with Gasteiger partial charge in [0.2, 0.25) is 0 Å². The van der Waals surface area contributed by atoms with Crippen LogP contribution in [0.25, 0.3) is 0 Å². The van der Waals surface area contributed by atoms with Gasteiger partial charge in [-0.15, -0.1) is 0 Å². The number of nitrogens with zero attached hydrogens (tertiary/aromatic N) is 2. The first-order valence-corrected chi connectivity index (χ1v) is 2.59. The summed E-state index contributed by atoms with van der Waals surface area (Å²) in [5.74, 6) is 1.02. The molecule has 43 valence electrons. The topological polar surface area (TPSA) is 17.8 Å². The fourth-order valence-electron chi connectivity index (χ4n) is 0.555. The average Bonchev–Trinajstić information content (AvgIpc) is 1.98. The van der Waals surface area contributed by atoms with Crippen molar-refractivity contribution in [3.8, 4) is 0 Å². The molecule has 0 spiro atoms. The van der Waals surface area contributed by atoms with Crippen molar-refractivity contribution in [2.75, 3.05) is 0 Å². The van der Waals surface area contributed by atoms with Crippen molar-refractivity contribution in [2.24, 2.45) is 7.05 Å². The molecule has 0 unspecified atom stereocenters. The Balaban J connectivity index is 3.19. The number of aromatic nitrogens is 2. The Labute approximate surface area is 49.2 Å². The number of hydrogen-bond acceptors (Lipinski definition) is 1. The van der Waals surface area contributed by atoms with Crippen LogP contribution in [-0.2, 0) is 7.05 Å². The molecule has 2 nitrogen and oxygen atoms in total. The summed E-state index contributed by atoms with van der Waals surface area (Å²) in [4.78, 5) is 3.95. The summed E-state index contributed by atoms with van der Waals surface area (Å²) >= 11 is 0. The molecule has 1 aromatic rings. The number of imidazole rings is 1. The Kier molecular flexibility index (Phi) is 1.08. The molecule has 1 aromatic heterocycles. The van der Waals surface area contributed by atoms with Gasteiger partial charge < -0.3 is 4.57 Å². The molecule has 8 heavy (non-hydrogen) atoms. The molecule has 0 saturated heterocycles. The zero-order valence-electron chi connectivity index (χ0n) is 5.39. The Morgan fingerprint density at radius 3 is 2.25 bits per heavy atom. The van der Waals surface area contributed by atoms with Gasteiger partial charge >= 0.3 is 0 Å². The van der Waals surface area contributed by atoms with Crippen molar-refractivity contribution in [1.29, 1.82) is 0 Å². The predicted molar refractivity (Wildman–Crippen MR) is 31.5 cm³/mol. The Bertz CT molecular complexity index is 169. The van der Waals surface area contributed by atoms with E-state index in [-0.39, 0.29) is 0 Å². The lowest BCUT2D eigenvalue weighted by molar-refractivity contribution is 0.827. The van der Waals surface area contributed by atoms with E-state index in [0.29, 0.717) is 0 Å². The van der Waals surface area contributed by atoms with Gasteiger partial charge in [0.1, 0.15) is 12.0 Å². The highest BCUT2D eigenvalue weighted by atomic mass is 15.0. The van der Waals surface area contributed by atoms with Gasteiger partial charge in [-0.25, -0.2) is 4.98 Å². The van der Waals surface area contributed by atoms with E-state index < -0.39 is 0 Å². The normalized spacial score (nSPS) is 9.88. The molecule has 0 N–H and O–H groups in total. The first kappa shape index (κ1) is 5.35. The minimum atomic E-state index is 1.02. The molecule has 0 saturated carbocycles. The van der Waals surface area contributed by atoms with Crippen LogP contribution < -0.4 is 0 Å². The highest BCUT2D eigenvalue weighted by Gasteiger charge is 1.93. The first-order chi connectivity index (χ1) is 3.72. The molecule has 0 atom stereocenters. The first-order valence-electron chi connectivity index (χ1n) is 2.59. The maximum absolute atomic E-state index is 3.95. The van der Waals surface area contributed by atoms with E-state index >= 15 is 0 Å².